The van der Waals surface area contributed by atoms with Crippen LogP contribution in [0.25, 0.3) is 0 Å². The van der Waals surface area contributed by atoms with Gasteiger partial charge in [0.25, 0.3) is 0 Å². The van der Waals surface area contributed by atoms with Crippen LogP contribution >= 0.6 is 11.6 Å². The summed E-state index contributed by atoms with van der Waals surface area (Å²) in [5.41, 5.74) is 2.59. The monoisotopic (exact) mass is 466 g/mol. The summed E-state index contributed by atoms with van der Waals surface area (Å²) in [7, 11) is 0. The van der Waals surface area contributed by atoms with E-state index in [0.717, 1.165) is 42.0 Å². The summed E-state index contributed by atoms with van der Waals surface area (Å²) in [6.45, 7) is 2.93. The van der Waals surface area contributed by atoms with Gasteiger partial charge in [-0.3, -0.25) is 0 Å². The summed E-state index contributed by atoms with van der Waals surface area (Å²) in [6, 6.07) is 31.2. The Morgan fingerprint density at radius 3 is 1.39 bits per heavy atom. The van der Waals surface area contributed by atoms with E-state index in [1.165, 1.54) is 12.8 Å². The lowest BCUT2D eigenvalue weighted by atomic mass is 9.80. The van der Waals surface area contributed by atoms with Crippen molar-refractivity contribution in [3.63, 3.8) is 0 Å². The fraction of sp³-hybridized carbons (Fsp3) is 0.379. The first-order valence-corrected chi connectivity index (χ1v) is 12.4. The van der Waals surface area contributed by atoms with Crippen molar-refractivity contribution in [3.8, 4) is 0 Å². The number of halogens is 1. The minimum absolute atomic E-state index is 0.469. The lowest BCUT2D eigenvalue weighted by molar-refractivity contribution is -0.0334. The zero-order valence-corrected chi connectivity index (χ0v) is 20.1. The van der Waals surface area contributed by atoms with Crippen molar-refractivity contribution in [1.82, 2.24) is 0 Å². The molecular weight excluding hydrogens is 432 g/mol. The number of rotatable bonds is 16. The van der Waals surface area contributed by atoms with Gasteiger partial charge < -0.3 is 14.2 Å². The Morgan fingerprint density at radius 2 is 0.909 bits per heavy atom. The van der Waals surface area contributed by atoms with Gasteiger partial charge >= 0.3 is 0 Å². The summed E-state index contributed by atoms with van der Waals surface area (Å²) >= 11 is 5.70. The summed E-state index contributed by atoms with van der Waals surface area (Å²) in [5.74, 6) is 0.747. The molecule has 0 fully saturated rings. The molecule has 0 N–H and O–H groups in total. The first-order valence-electron chi connectivity index (χ1n) is 11.9. The smallest absolute Gasteiger partial charge is 0.143 e. The van der Waals surface area contributed by atoms with Gasteiger partial charge in [0.05, 0.1) is 26.4 Å². The highest BCUT2D eigenvalue weighted by Crippen LogP contribution is 2.40. The molecule has 0 spiro atoms. The van der Waals surface area contributed by atoms with Crippen LogP contribution in [0.1, 0.15) is 42.4 Å². The number of ether oxygens (including phenoxy) is 3. The molecule has 0 atom stereocenters. The Labute approximate surface area is 203 Å². The molecule has 0 saturated heterocycles. The molecule has 4 heteroatoms. The van der Waals surface area contributed by atoms with Crippen molar-refractivity contribution in [2.24, 2.45) is 0 Å². The Kier molecular flexibility index (Phi) is 11.5. The van der Waals surface area contributed by atoms with Crippen molar-refractivity contribution in [1.29, 1.82) is 0 Å². The predicted octanol–water partition coefficient (Wildman–Crippen LogP) is 6.83. The third kappa shape index (κ3) is 7.68. The second-order valence-corrected chi connectivity index (χ2v) is 8.33. The van der Waals surface area contributed by atoms with Crippen molar-refractivity contribution >= 4 is 11.6 Å². The molecule has 0 radical (unpaired) electrons. The Hall–Kier alpha value is -2.17. The second-order valence-electron chi connectivity index (χ2n) is 7.96. The largest absolute Gasteiger partial charge is 0.379 e. The summed E-state index contributed by atoms with van der Waals surface area (Å²) in [6.07, 6.45) is 4.50. The fourth-order valence-corrected chi connectivity index (χ4v) is 4.19. The van der Waals surface area contributed by atoms with Crippen molar-refractivity contribution in [3.05, 3.63) is 108 Å². The molecule has 3 nitrogen and oxygen atoms in total. The number of hydrogen-bond acceptors (Lipinski definition) is 3. The standard InChI is InChI=1S/C29H35ClO3/c30-20-12-1-2-13-21-31-22-23-32-24-25-33-29(26-14-6-3-7-15-26,27-16-8-4-9-17-27)28-18-10-5-11-19-28/h3-11,14-19H,1-2,12-13,20-25H2. The van der Waals surface area contributed by atoms with Gasteiger partial charge in [0, 0.05) is 12.5 Å². The highest BCUT2D eigenvalue weighted by Gasteiger charge is 2.37. The molecule has 0 aliphatic carbocycles. The van der Waals surface area contributed by atoms with Gasteiger partial charge in [0.1, 0.15) is 5.60 Å². The molecule has 0 amide bonds. The highest BCUT2D eigenvalue weighted by atomic mass is 35.5. The Morgan fingerprint density at radius 1 is 0.485 bits per heavy atom. The van der Waals surface area contributed by atoms with E-state index in [4.69, 9.17) is 25.8 Å². The lowest BCUT2D eigenvalue weighted by Crippen LogP contribution is -2.34. The van der Waals surface area contributed by atoms with Gasteiger partial charge in [-0.25, -0.2) is 0 Å². The van der Waals surface area contributed by atoms with Crippen molar-refractivity contribution in [2.75, 3.05) is 38.9 Å². The van der Waals surface area contributed by atoms with Crippen LogP contribution in [0.2, 0.25) is 0 Å². The van der Waals surface area contributed by atoms with Crippen LogP contribution in [0.5, 0.6) is 0 Å². The average Bonchev–Trinajstić information content (AvgIpc) is 2.89. The van der Waals surface area contributed by atoms with E-state index in [1.54, 1.807) is 0 Å². The fourth-order valence-electron chi connectivity index (χ4n) is 4.00. The number of unbranched alkanes of at least 4 members (excludes halogenated alkanes) is 3. The van der Waals surface area contributed by atoms with E-state index < -0.39 is 5.60 Å². The maximum atomic E-state index is 6.69. The van der Waals surface area contributed by atoms with E-state index in [1.807, 2.05) is 18.2 Å². The van der Waals surface area contributed by atoms with Crippen LogP contribution in [0.3, 0.4) is 0 Å². The molecule has 3 aromatic rings. The van der Waals surface area contributed by atoms with Crippen LogP contribution in [-0.2, 0) is 19.8 Å². The van der Waals surface area contributed by atoms with E-state index in [-0.39, 0.29) is 0 Å². The molecular formula is C29H35ClO3. The summed E-state index contributed by atoms with van der Waals surface area (Å²) in [4.78, 5) is 0. The summed E-state index contributed by atoms with van der Waals surface area (Å²) in [5, 5.41) is 0. The summed E-state index contributed by atoms with van der Waals surface area (Å²) < 4.78 is 18.2. The van der Waals surface area contributed by atoms with Gasteiger partial charge in [-0.1, -0.05) is 104 Å². The quantitative estimate of drug-likeness (QED) is 0.131. The minimum Gasteiger partial charge on any atom is -0.379 e. The second kappa shape index (κ2) is 14.9. The van der Waals surface area contributed by atoms with E-state index in [9.17, 15) is 0 Å². The van der Waals surface area contributed by atoms with Gasteiger partial charge in [0.2, 0.25) is 0 Å². The van der Waals surface area contributed by atoms with Crippen LogP contribution in [0, 0.1) is 0 Å². The van der Waals surface area contributed by atoms with E-state index in [0.29, 0.717) is 26.4 Å². The first kappa shape index (κ1) is 25.5. The molecule has 0 heterocycles. The van der Waals surface area contributed by atoms with Gasteiger partial charge in [-0.15, -0.1) is 11.6 Å². The molecule has 176 valence electrons. The molecule has 3 rings (SSSR count). The molecule has 0 aliphatic rings. The van der Waals surface area contributed by atoms with Crippen molar-refractivity contribution < 1.29 is 14.2 Å². The zero-order chi connectivity index (χ0) is 23.0. The molecule has 0 aliphatic heterocycles. The van der Waals surface area contributed by atoms with Gasteiger partial charge in [-0.05, 0) is 29.5 Å². The average molecular weight is 467 g/mol. The Bertz CT molecular complexity index is 774. The van der Waals surface area contributed by atoms with Crippen LogP contribution < -0.4 is 0 Å². The van der Waals surface area contributed by atoms with Crippen LogP contribution in [-0.4, -0.2) is 38.9 Å². The van der Waals surface area contributed by atoms with Crippen LogP contribution in [0.15, 0.2) is 91.0 Å². The number of benzene rings is 3. The maximum Gasteiger partial charge on any atom is 0.143 e. The number of hydrogen-bond donors (Lipinski definition) is 0. The molecule has 0 unspecified atom stereocenters. The predicted molar refractivity (Wildman–Crippen MR) is 136 cm³/mol. The maximum absolute atomic E-state index is 6.69. The minimum atomic E-state index is -0.702. The molecule has 0 aromatic heterocycles. The lowest BCUT2D eigenvalue weighted by Gasteiger charge is -2.36. The zero-order valence-electron chi connectivity index (χ0n) is 19.3. The third-order valence-electron chi connectivity index (χ3n) is 5.63. The molecule has 33 heavy (non-hydrogen) atoms. The topological polar surface area (TPSA) is 27.7 Å². The third-order valence-corrected chi connectivity index (χ3v) is 5.90. The van der Waals surface area contributed by atoms with E-state index >= 15 is 0 Å². The van der Waals surface area contributed by atoms with E-state index in [2.05, 4.69) is 72.8 Å². The van der Waals surface area contributed by atoms with Gasteiger partial charge in [-0.2, -0.15) is 0 Å². The van der Waals surface area contributed by atoms with Crippen molar-refractivity contribution in [2.45, 2.75) is 31.3 Å². The normalized spacial score (nSPS) is 11.5. The molecule has 3 aromatic carbocycles. The number of alkyl halides is 1. The van der Waals surface area contributed by atoms with Gasteiger partial charge in [0.15, 0.2) is 0 Å². The highest BCUT2D eigenvalue weighted by molar-refractivity contribution is 6.17. The van der Waals surface area contributed by atoms with Crippen LogP contribution in [0.4, 0.5) is 0 Å². The SMILES string of the molecule is ClCCCCCCOCCOCCOC(c1ccccc1)(c1ccccc1)c1ccccc1. The molecule has 0 saturated carbocycles. The molecule has 0 bridgehead atoms. The first-order chi connectivity index (χ1) is 16.4. The Balaban J connectivity index is 1.59.